The van der Waals surface area contributed by atoms with Crippen molar-refractivity contribution < 1.29 is 14.3 Å². The van der Waals surface area contributed by atoms with E-state index < -0.39 is 5.41 Å². The van der Waals surface area contributed by atoms with Crippen LogP contribution in [0.4, 0.5) is 0 Å². The van der Waals surface area contributed by atoms with Crippen LogP contribution in [0.15, 0.2) is 30.3 Å². The van der Waals surface area contributed by atoms with Gasteiger partial charge in [0.05, 0.1) is 6.61 Å². The molecular weight excluding hydrogens is 314 g/mol. The van der Waals surface area contributed by atoms with Gasteiger partial charge in [0.15, 0.2) is 5.78 Å². The number of fused-ring (bicyclic) bond motifs is 3. The zero-order valence-electron chi connectivity index (χ0n) is 13.5. The van der Waals surface area contributed by atoms with Gasteiger partial charge in [-0.25, -0.2) is 0 Å². The molecule has 1 aromatic carbocycles. The third-order valence-electron chi connectivity index (χ3n) is 5.27. The van der Waals surface area contributed by atoms with Crippen molar-refractivity contribution in [1.82, 2.24) is 5.32 Å². The summed E-state index contributed by atoms with van der Waals surface area (Å²) in [5.74, 6) is -0.250. The lowest BCUT2D eigenvalue weighted by Gasteiger charge is -2.51. The molecule has 23 heavy (non-hydrogen) atoms. The Morgan fingerprint density at radius 3 is 2.39 bits per heavy atom. The van der Waals surface area contributed by atoms with E-state index in [-0.39, 0.29) is 29.7 Å². The van der Waals surface area contributed by atoms with Crippen LogP contribution < -0.4 is 5.32 Å². The second-order valence-corrected chi connectivity index (χ2v) is 6.52. The second-order valence-electron chi connectivity index (χ2n) is 6.52. The molecule has 3 fully saturated rings. The van der Waals surface area contributed by atoms with Gasteiger partial charge in [0, 0.05) is 18.5 Å². The predicted molar refractivity (Wildman–Crippen MR) is 90.4 cm³/mol. The molecule has 3 saturated carbocycles. The number of ether oxygens (including phenoxy) is 1. The highest BCUT2D eigenvalue weighted by atomic mass is 35.5. The van der Waals surface area contributed by atoms with E-state index in [9.17, 15) is 9.59 Å². The molecule has 0 atom stereocenters. The Morgan fingerprint density at radius 2 is 1.83 bits per heavy atom. The van der Waals surface area contributed by atoms with Crippen molar-refractivity contribution in [3.05, 3.63) is 35.9 Å². The fourth-order valence-electron chi connectivity index (χ4n) is 3.80. The molecule has 0 aliphatic heterocycles. The number of nitrogens with one attached hydrogen (secondary N) is 1. The number of carbonyl (C=O) groups is 2. The van der Waals surface area contributed by atoms with Crippen LogP contribution in [0.1, 0.15) is 44.6 Å². The van der Waals surface area contributed by atoms with Gasteiger partial charge in [-0.05, 0) is 38.2 Å². The van der Waals surface area contributed by atoms with Crippen LogP contribution in [-0.2, 0) is 20.9 Å². The van der Waals surface area contributed by atoms with Crippen molar-refractivity contribution in [2.75, 3.05) is 6.61 Å². The van der Waals surface area contributed by atoms with Gasteiger partial charge < -0.3 is 10.1 Å². The molecule has 0 heterocycles. The van der Waals surface area contributed by atoms with Gasteiger partial charge in [-0.15, -0.1) is 12.4 Å². The maximum Gasteiger partial charge on any atom is 0.319 e. The Hall–Kier alpha value is -1.39. The van der Waals surface area contributed by atoms with Crippen molar-refractivity contribution in [1.29, 1.82) is 0 Å². The summed E-state index contributed by atoms with van der Waals surface area (Å²) >= 11 is 0. The molecular formula is C18H24ClNO3. The van der Waals surface area contributed by atoms with Crippen LogP contribution >= 0.6 is 12.4 Å². The lowest BCUT2D eigenvalue weighted by Crippen LogP contribution is -2.61. The first-order valence-electron chi connectivity index (χ1n) is 8.10. The summed E-state index contributed by atoms with van der Waals surface area (Å²) in [5.41, 5.74) is 0.227. The number of hydrogen-bond donors (Lipinski definition) is 1. The van der Waals surface area contributed by atoms with E-state index in [1.54, 1.807) is 6.92 Å². The van der Waals surface area contributed by atoms with Crippen molar-refractivity contribution >= 4 is 24.2 Å². The van der Waals surface area contributed by atoms with Crippen molar-refractivity contribution in [2.45, 2.75) is 51.1 Å². The molecule has 0 unspecified atom stereocenters. The van der Waals surface area contributed by atoms with Gasteiger partial charge in [-0.2, -0.15) is 0 Å². The fourth-order valence-corrected chi connectivity index (χ4v) is 3.80. The van der Waals surface area contributed by atoms with Gasteiger partial charge in [0.2, 0.25) is 0 Å². The van der Waals surface area contributed by atoms with E-state index in [0.717, 1.165) is 19.4 Å². The molecule has 0 saturated heterocycles. The van der Waals surface area contributed by atoms with Gasteiger partial charge in [-0.1, -0.05) is 30.3 Å². The Bertz CT molecular complexity index is 565. The molecule has 3 aliphatic carbocycles. The summed E-state index contributed by atoms with van der Waals surface area (Å²) in [5, 5.41) is 3.58. The smallest absolute Gasteiger partial charge is 0.319 e. The number of ketones is 1. The minimum Gasteiger partial charge on any atom is -0.465 e. The largest absolute Gasteiger partial charge is 0.465 e. The number of rotatable bonds is 5. The summed E-state index contributed by atoms with van der Waals surface area (Å²) in [6.07, 6.45) is 3.41. The van der Waals surface area contributed by atoms with E-state index in [2.05, 4.69) is 17.4 Å². The molecule has 0 amide bonds. The van der Waals surface area contributed by atoms with Gasteiger partial charge in [0.25, 0.3) is 0 Å². The highest BCUT2D eigenvalue weighted by molar-refractivity contribution is 6.05. The monoisotopic (exact) mass is 337 g/mol. The molecule has 2 bridgehead atoms. The highest BCUT2D eigenvalue weighted by Gasteiger charge is 2.58. The average molecular weight is 338 g/mol. The first-order chi connectivity index (χ1) is 10.6. The lowest BCUT2D eigenvalue weighted by molar-refractivity contribution is -0.168. The van der Waals surface area contributed by atoms with Crippen molar-refractivity contribution in [2.24, 2.45) is 5.41 Å². The summed E-state index contributed by atoms with van der Waals surface area (Å²) < 4.78 is 5.15. The number of esters is 1. The van der Waals surface area contributed by atoms with Gasteiger partial charge in [0.1, 0.15) is 5.41 Å². The molecule has 0 aromatic heterocycles. The number of benzene rings is 1. The van der Waals surface area contributed by atoms with E-state index >= 15 is 0 Å². The van der Waals surface area contributed by atoms with E-state index in [1.165, 1.54) is 5.56 Å². The van der Waals surface area contributed by atoms with E-state index in [0.29, 0.717) is 25.9 Å². The zero-order valence-corrected chi connectivity index (χ0v) is 14.3. The fraction of sp³-hybridized carbons (Fsp3) is 0.556. The van der Waals surface area contributed by atoms with E-state index in [1.807, 2.05) is 18.2 Å². The Morgan fingerprint density at radius 1 is 1.17 bits per heavy atom. The predicted octanol–water partition coefficient (Wildman–Crippen LogP) is 3.03. The van der Waals surface area contributed by atoms with Gasteiger partial charge >= 0.3 is 5.97 Å². The summed E-state index contributed by atoms with van der Waals surface area (Å²) in [6, 6.07) is 10.2. The molecule has 4 rings (SSSR count). The standard InChI is InChI=1S/C18H23NO3.ClH/c1-2-22-16(21)18-10-8-17(9-11-18,12-15(18)20)19-13-14-6-4-3-5-7-14;/h3-7,19H,2,8-13H2,1H3;1H. The number of carbonyl (C=O) groups excluding carboxylic acids is 2. The van der Waals surface area contributed by atoms with Crippen LogP contribution in [0.2, 0.25) is 0 Å². The minimum absolute atomic E-state index is 0. The molecule has 1 aromatic rings. The van der Waals surface area contributed by atoms with Crippen LogP contribution in [0.5, 0.6) is 0 Å². The highest BCUT2D eigenvalue weighted by Crippen LogP contribution is 2.50. The molecule has 0 radical (unpaired) electrons. The van der Waals surface area contributed by atoms with Crippen LogP contribution in [0, 0.1) is 5.41 Å². The normalized spacial score (nSPS) is 29.0. The molecule has 3 aliphatic rings. The lowest BCUT2D eigenvalue weighted by atomic mass is 9.56. The first kappa shape index (κ1) is 18.0. The SMILES string of the molecule is CCOC(=O)C12CCC(NCc3ccccc3)(CC1)CC2=O.Cl. The van der Waals surface area contributed by atoms with Crippen LogP contribution in [0.3, 0.4) is 0 Å². The second kappa shape index (κ2) is 7.02. The van der Waals surface area contributed by atoms with Crippen molar-refractivity contribution in [3.63, 3.8) is 0 Å². The van der Waals surface area contributed by atoms with Crippen LogP contribution in [0.25, 0.3) is 0 Å². The molecule has 4 nitrogen and oxygen atoms in total. The Balaban J connectivity index is 0.00000192. The summed E-state index contributed by atoms with van der Waals surface area (Å²) in [4.78, 5) is 24.8. The maximum absolute atomic E-state index is 12.6. The van der Waals surface area contributed by atoms with Gasteiger partial charge in [-0.3, -0.25) is 9.59 Å². The molecule has 1 N–H and O–H groups in total. The van der Waals surface area contributed by atoms with Crippen molar-refractivity contribution in [3.8, 4) is 0 Å². The summed E-state index contributed by atoms with van der Waals surface area (Å²) in [7, 11) is 0. The molecule has 5 heteroatoms. The zero-order chi connectivity index (χ0) is 15.6. The topological polar surface area (TPSA) is 55.4 Å². The summed E-state index contributed by atoms with van der Waals surface area (Å²) in [6.45, 7) is 2.89. The Kier molecular flexibility index (Phi) is 5.48. The van der Waals surface area contributed by atoms with E-state index in [4.69, 9.17) is 4.74 Å². The third-order valence-corrected chi connectivity index (χ3v) is 5.27. The Labute approximate surface area is 143 Å². The number of hydrogen-bond acceptors (Lipinski definition) is 4. The number of halogens is 1. The quantitative estimate of drug-likeness (QED) is 0.663. The third kappa shape index (κ3) is 3.29. The minimum atomic E-state index is -0.855. The van der Waals surface area contributed by atoms with Crippen LogP contribution in [-0.4, -0.2) is 23.9 Å². The number of Topliss-reactive ketones (excluding diaryl/α,β-unsaturated/α-hetero) is 1. The first-order valence-corrected chi connectivity index (χ1v) is 8.10. The molecule has 0 spiro atoms. The molecule has 126 valence electrons. The average Bonchev–Trinajstić information content (AvgIpc) is 2.55. The maximum atomic E-state index is 12.6.